The van der Waals surface area contributed by atoms with E-state index in [0.29, 0.717) is 10.6 Å². The zero-order valence-corrected chi connectivity index (χ0v) is 15.0. The number of nitro benzene ring substituents is 1. The van der Waals surface area contributed by atoms with Crippen LogP contribution in [0.25, 0.3) is 10.6 Å². The van der Waals surface area contributed by atoms with Crippen LogP contribution in [-0.2, 0) is 9.53 Å². The predicted molar refractivity (Wildman–Crippen MR) is 92.4 cm³/mol. The average Bonchev–Trinajstić information content (AvgIpc) is 3.09. The predicted octanol–water partition coefficient (Wildman–Crippen LogP) is 2.74. The van der Waals surface area contributed by atoms with Crippen LogP contribution in [0.15, 0.2) is 29.6 Å². The number of likely N-dealkylation sites (N-methyl/N-ethyl adjacent to an activating group) is 1. The Morgan fingerprint density at radius 1 is 1.36 bits per heavy atom. The normalized spacial score (nSPS) is 11.0. The molecule has 0 saturated carbocycles. The van der Waals surface area contributed by atoms with Crippen molar-refractivity contribution in [3.63, 3.8) is 0 Å². The van der Waals surface area contributed by atoms with Gasteiger partial charge in [-0.15, -0.1) is 11.3 Å². The van der Waals surface area contributed by atoms with Gasteiger partial charge in [-0.25, -0.2) is 9.78 Å². The summed E-state index contributed by atoms with van der Waals surface area (Å²) in [6.07, 6.45) is 0. The highest BCUT2D eigenvalue weighted by Crippen LogP contribution is 2.28. The second-order valence-corrected chi connectivity index (χ2v) is 6.62. The summed E-state index contributed by atoms with van der Waals surface area (Å²) in [5.41, 5.74) is -0.495. The Balaban J connectivity index is 2.29. The fourth-order valence-corrected chi connectivity index (χ4v) is 2.86. The standard InChI is InChI=1S/C16H17N3O5S/c1-16(2,15(21)24-4)18(3)14(20)12-9-25-13(17-12)10-6-5-7-11(8-10)19(22)23/h5-9H,1-4H3. The van der Waals surface area contributed by atoms with Crippen LogP contribution in [0.5, 0.6) is 0 Å². The Bertz CT molecular complexity index is 831. The van der Waals surface area contributed by atoms with Gasteiger partial charge < -0.3 is 9.64 Å². The third kappa shape index (κ3) is 3.66. The van der Waals surface area contributed by atoms with Crippen molar-refractivity contribution in [2.75, 3.05) is 14.2 Å². The van der Waals surface area contributed by atoms with E-state index in [0.717, 1.165) is 0 Å². The van der Waals surface area contributed by atoms with Crippen molar-refractivity contribution in [3.8, 4) is 10.6 Å². The number of nitrogens with zero attached hydrogens (tertiary/aromatic N) is 3. The summed E-state index contributed by atoms with van der Waals surface area (Å²) in [4.78, 5) is 40.3. The highest BCUT2D eigenvalue weighted by molar-refractivity contribution is 7.13. The minimum Gasteiger partial charge on any atom is -0.467 e. The maximum absolute atomic E-state index is 12.6. The maximum atomic E-state index is 12.6. The maximum Gasteiger partial charge on any atom is 0.331 e. The van der Waals surface area contributed by atoms with E-state index < -0.39 is 22.3 Å². The van der Waals surface area contributed by atoms with E-state index in [1.54, 1.807) is 31.4 Å². The van der Waals surface area contributed by atoms with Gasteiger partial charge in [0.25, 0.3) is 11.6 Å². The number of thiazole rings is 1. The molecule has 25 heavy (non-hydrogen) atoms. The van der Waals surface area contributed by atoms with Gasteiger partial charge in [0.05, 0.1) is 12.0 Å². The largest absolute Gasteiger partial charge is 0.467 e. The highest BCUT2D eigenvalue weighted by Gasteiger charge is 2.37. The van der Waals surface area contributed by atoms with Crippen molar-refractivity contribution in [2.45, 2.75) is 19.4 Å². The van der Waals surface area contributed by atoms with Crippen molar-refractivity contribution < 1.29 is 19.2 Å². The van der Waals surface area contributed by atoms with Crippen molar-refractivity contribution in [1.29, 1.82) is 0 Å². The molecule has 8 nitrogen and oxygen atoms in total. The number of rotatable bonds is 5. The number of aromatic nitrogens is 1. The Labute approximate surface area is 148 Å². The minimum atomic E-state index is -1.15. The number of nitro groups is 1. The second kappa shape index (κ2) is 6.98. The van der Waals surface area contributed by atoms with Gasteiger partial charge in [-0.3, -0.25) is 14.9 Å². The average molecular weight is 363 g/mol. The molecule has 132 valence electrons. The Morgan fingerprint density at radius 3 is 2.64 bits per heavy atom. The van der Waals surface area contributed by atoms with Gasteiger partial charge in [-0.2, -0.15) is 0 Å². The molecule has 1 amide bonds. The molecule has 0 saturated heterocycles. The first-order valence-electron chi connectivity index (χ1n) is 7.25. The van der Waals surface area contributed by atoms with Gasteiger partial charge in [0.15, 0.2) is 0 Å². The summed E-state index contributed by atoms with van der Waals surface area (Å²) in [7, 11) is 2.75. The van der Waals surface area contributed by atoms with Gasteiger partial charge >= 0.3 is 5.97 Å². The molecule has 1 aromatic carbocycles. The van der Waals surface area contributed by atoms with E-state index in [1.807, 2.05) is 0 Å². The molecule has 2 aromatic rings. The number of hydrogen-bond donors (Lipinski definition) is 0. The van der Waals surface area contributed by atoms with E-state index in [2.05, 4.69) is 4.98 Å². The SMILES string of the molecule is COC(=O)C(C)(C)N(C)C(=O)c1csc(-c2cccc([N+](=O)[O-])c2)n1. The number of benzene rings is 1. The molecule has 0 aliphatic carbocycles. The second-order valence-electron chi connectivity index (χ2n) is 5.76. The van der Waals surface area contributed by atoms with Gasteiger partial charge in [0, 0.05) is 30.1 Å². The smallest absolute Gasteiger partial charge is 0.331 e. The monoisotopic (exact) mass is 363 g/mol. The molecule has 0 aliphatic heterocycles. The van der Waals surface area contributed by atoms with Crippen LogP contribution in [-0.4, -0.2) is 46.4 Å². The molecule has 0 bridgehead atoms. The first-order valence-corrected chi connectivity index (χ1v) is 8.13. The minimum absolute atomic E-state index is 0.0514. The molecular weight excluding hydrogens is 346 g/mol. The summed E-state index contributed by atoms with van der Waals surface area (Å²) in [5.74, 6) is -0.985. The van der Waals surface area contributed by atoms with Gasteiger partial charge in [0.2, 0.25) is 0 Å². The number of non-ortho nitro benzene ring substituents is 1. The van der Waals surface area contributed by atoms with Crippen molar-refractivity contribution in [3.05, 3.63) is 45.5 Å². The van der Waals surface area contributed by atoms with E-state index in [9.17, 15) is 19.7 Å². The lowest BCUT2D eigenvalue weighted by Crippen LogP contribution is -2.51. The number of esters is 1. The molecular formula is C16H17N3O5S. The van der Waals surface area contributed by atoms with Crippen LogP contribution < -0.4 is 0 Å². The fourth-order valence-electron chi connectivity index (χ4n) is 2.07. The lowest BCUT2D eigenvalue weighted by molar-refractivity contribution is -0.384. The summed E-state index contributed by atoms with van der Waals surface area (Å²) < 4.78 is 4.72. The van der Waals surface area contributed by atoms with Crippen LogP contribution in [0.3, 0.4) is 0 Å². The summed E-state index contributed by atoms with van der Waals surface area (Å²) >= 11 is 1.20. The first kappa shape index (κ1) is 18.5. The third-order valence-electron chi connectivity index (χ3n) is 3.86. The quantitative estimate of drug-likeness (QED) is 0.460. The van der Waals surface area contributed by atoms with Gasteiger partial charge in [-0.1, -0.05) is 12.1 Å². The molecule has 1 heterocycles. The van der Waals surface area contributed by atoms with Gasteiger partial charge in [0.1, 0.15) is 16.2 Å². The number of carbonyl (C=O) groups excluding carboxylic acids is 2. The summed E-state index contributed by atoms with van der Waals surface area (Å²) in [5, 5.41) is 12.9. The number of amides is 1. The zero-order chi connectivity index (χ0) is 18.8. The lowest BCUT2D eigenvalue weighted by Gasteiger charge is -2.32. The number of hydrogen-bond acceptors (Lipinski definition) is 7. The Hall–Kier alpha value is -2.81. The van der Waals surface area contributed by atoms with E-state index >= 15 is 0 Å². The van der Waals surface area contributed by atoms with Crippen LogP contribution >= 0.6 is 11.3 Å². The van der Waals surface area contributed by atoms with Crippen LogP contribution in [0.1, 0.15) is 24.3 Å². The Morgan fingerprint density at radius 2 is 2.04 bits per heavy atom. The van der Waals surface area contributed by atoms with E-state index in [1.165, 1.54) is 42.5 Å². The molecule has 0 unspecified atom stereocenters. The van der Waals surface area contributed by atoms with Crippen LogP contribution in [0.2, 0.25) is 0 Å². The van der Waals surface area contributed by atoms with Crippen LogP contribution in [0.4, 0.5) is 5.69 Å². The van der Waals surface area contributed by atoms with E-state index in [-0.39, 0.29) is 11.4 Å². The molecule has 0 aliphatic rings. The lowest BCUT2D eigenvalue weighted by atomic mass is 10.0. The molecule has 2 rings (SSSR count). The topological polar surface area (TPSA) is 103 Å². The third-order valence-corrected chi connectivity index (χ3v) is 4.75. The van der Waals surface area contributed by atoms with Crippen LogP contribution in [0, 0.1) is 10.1 Å². The molecule has 0 N–H and O–H groups in total. The highest BCUT2D eigenvalue weighted by atomic mass is 32.1. The molecule has 9 heteroatoms. The molecule has 0 atom stereocenters. The fraction of sp³-hybridized carbons (Fsp3) is 0.312. The first-order chi connectivity index (χ1) is 11.7. The van der Waals surface area contributed by atoms with Crippen molar-refractivity contribution in [1.82, 2.24) is 9.88 Å². The van der Waals surface area contributed by atoms with Gasteiger partial charge in [-0.05, 0) is 13.8 Å². The molecule has 0 radical (unpaired) electrons. The zero-order valence-electron chi connectivity index (χ0n) is 14.2. The number of ether oxygens (including phenoxy) is 1. The molecule has 0 spiro atoms. The van der Waals surface area contributed by atoms with E-state index in [4.69, 9.17) is 4.74 Å². The summed E-state index contributed by atoms with van der Waals surface area (Å²) in [6, 6.07) is 6.02. The molecule has 1 aromatic heterocycles. The molecule has 0 fully saturated rings. The summed E-state index contributed by atoms with van der Waals surface area (Å²) in [6.45, 7) is 3.15. The number of carbonyl (C=O) groups is 2. The van der Waals surface area contributed by atoms with Crippen molar-refractivity contribution >= 4 is 28.9 Å². The Kier molecular flexibility index (Phi) is 5.17. The number of methoxy groups -OCH3 is 1. The van der Waals surface area contributed by atoms with Crippen molar-refractivity contribution in [2.24, 2.45) is 0 Å².